The lowest BCUT2D eigenvalue weighted by Crippen LogP contribution is -2.59. The summed E-state index contributed by atoms with van der Waals surface area (Å²) in [7, 11) is 0. The summed E-state index contributed by atoms with van der Waals surface area (Å²) in [5, 5.41) is 14.4. The van der Waals surface area contributed by atoms with Crippen LogP contribution >= 0.6 is 0 Å². The van der Waals surface area contributed by atoms with Gasteiger partial charge in [0.1, 0.15) is 11.4 Å². The average Bonchev–Trinajstić information content (AvgIpc) is 3.16. The Bertz CT molecular complexity index is 731. The largest absolute Gasteiger partial charge is 0.376 e. The van der Waals surface area contributed by atoms with Crippen molar-refractivity contribution in [2.45, 2.75) is 109 Å². The molecule has 176 valence electrons. The van der Waals surface area contributed by atoms with Gasteiger partial charge in [0.25, 0.3) is 0 Å². The molecule has 6 fully saturated rings. The van der Waals surface area contributed by atoms with Crippen molar-refractivity contribution in [3.8, 4) is 0 Å². The number of piperidine rings is 1. The van der Waals surface area contributed by atoms with Gasteiger partial charge in [-0.25, -0.2) is 0 Å². The van der Waals surface area contributed by atoms with Gasteiger partial charge in [-0.2, -0.15) is 0 Å². The summed E-state index contributed by atoms with van der Waals surface area (Å²) >= 11 is 0. The molecular weight excluding hydrogens is 384 g/mol. The van der Waals surface area contributed by atoms with Gasteiger partial charge in [-0.15, -0.1) is 0 Å². The van der Waals surface area contributed by atoms with Crippen molar-refractivity contribution in [3.63, 3.8) is 0 Å². The van der Waals surface area contributed by atoms with E-state index < -0.39 is 5.72 Å². The molecule has 0 aromatic heterocycles. The van der Waals surface area contributed by atoms with E-state index >= 15 is 0 Å². The van der Waals surface area contributed by atoms with E-state index in [2.05, 4.69) is 33.0 Å². The molecule has 31 heavy (non-hydrogen) atoms. The first-order chi connectivity index (χ1) is 14.6. The van der Waals surface area contributed by atoms with Crippen LogP contribution in [0.2, 0.25) is 0 Å². The van der Waals surface area contributed by atoms with Crippen LogP contribution in [0.15, 0.2) is 0 Å². The SMILES string of the molecule is C[C@H]1CC[C@]2(NC1)O[C@H]1C[C@H]3[C@@H]4CC[C@H]5C[C@@](N)(O)CC[C@]5(C)[C@H]4CC[C@]3(C)[C@H]1[C@@H]2C. The number of rotatable bonds is 0. The van der Waals surface area contributed by atoms with Gasteiger partial charge in [-0.3, -0.25) is 5.32 Å². The zero-order valence-electron chi connectivity index (χ0n) is 20.3. The summed E-state index contributed by atoms with van der Waals surface area (Å²) in [6, 6.07) is 0. The van der Waals surface area contributed by atoms with Crippen LogP contribution in [0.5, 0.6) is 0 Å². The molecule has 0 radical (unpaired) electrons. The van der Waals surface area contributed by atoms with E-state index in [0.29, 0.717) is 34.7 Å². The molecule has 4 aliphatic carbocycles. The van der Waals surface area contributed by atoms with Gasteiger partial charge in [0, 0.05) is 12.5 Å². The van der Waals surface area contributed by atoms with Crippen LogP contribution in [0.3, 0.4) is 0 Å². The van der Waals surface area contributed by atoms with Crippen LogP contribution in [0.25, 0.3) is 0 Å². The average molecular weight is 431 g/mol. The van der Waals surface area contributed by atoms with Crippen molar-refractivity contribution in [2.24, 2.45) is 58.0 Å². The molecule has 0 amide bonds. The first kappa shape index (κ1) is 21.4. The van der Waals surface area contributed by atoms with Gasteiger partial charge in [0.15, 0.2) is 0 Å². The number of nitrogens with one attached hydrogen (secondary N) is 1. The van der Waals surface area contributed by atoms with Crippen LogP contribution in [-0.4, -0.2) is 29.2 Å². The number of ether oxygens (including phenoxy) is 1. The highest BCUT2D eigenvalue weighted by atomic mass is 16.5. The highest BCUT2D eigenvalue weighted by Crippen LogP contribution is 2.71. The number of nitrogens with two attached hydrogens (primary N) is 1. The van der Waals surface area contributed by atoms with E-state index in [-0.39, 0.29) is 5.72 Å². The minimum absolute atomic E-state index is 0.0503. The van der Waals surface area contributed by atoms with E-state index in [1.165, 1.54) is 44.9 Å². The Morgan fingerprint density at radius 1 is 0.935 bits per heavy atom. The molecule has 0 aromatic rings. The van der Waals surface area contributed by atoms with E-state index in [1.54, 1.807) is 0 Å². The van der Waals surface area contributed by atoms with Crippen molar-refractivity contribution >= 4 is 0 Å². The Hall–Kier alpha value is -0.160. The molecule has 1 spiro atoms. The fourth-order valence-corrected chi connectivity index (χ4v) is 10.5. The Kier molecular flexibility index (Phi) is 4.62. The van der Waals surface area contributed by atoms with E-state index in [0.717, 1.165) is 49.5 Å². The van der Waals surface area contributed by atoms with Crippen molar-refractivity contribution in [1.29, 1.82) is 0 Å². The summed E-state index contributed by atoms with van der Waals surface area (Å²) in [4.78, 5) is 0. The van der Waals surface area contributed by atoms with Crippen molar-refractivity contribution in [3.05, 3.63) is 0 Å². The quantitative estimate of drug-likeness (QED) is 0.489. The molecule has 6 aliphatic rings. The lowest BCUT2D eigenvalue weighted by atomic mass is 9.44. The zero-order valence-corrected chi connectivity index (χ0v) is 20.3. The van der Waals surface area contributed by atoms with Gasteiger partial charge in [-0.1, -0.05) is 27.7 Å². The second-order valence-corrected chi connectivity index (χ2v) is 13.6. The molecule has 4 saturated carbocycles. The molecule has 4 nitrogen and oxygen atoms in total. The molecule has 6 rings (SSSR count). The third-order valence-electron chi connectivity index (χ3n) is 12.2. The lowest BCUT2D eigenvalue weighted by Gasteiger charge is -2.62. The predicted octanol–water partition coefficient (Wildman–Crippen LogP) is 4.65. The third-order valence-corrected chi connectivity index (χ3v) is 12.2. The minimum atomic E-state index is -0.924. The topological polar surface area (TPSA) is 67.5 Å². The highest BCUT2D eigenvalue weighted by Gasteiger charge is 2.68. The number of fused-ring (bicyclic) bond motifs is 7. The Balaban J connectivity index is 1.25. The molecule has 2 heterocycles. The summed E-state index contributed by atoms with van der Waals surface area (Å²) in [6.07, 6.45) is 12.3. The Labute approximate surface area is 189 Å². The van der Waals surface area contributed by atoms with E-state index in [4.69, 9.17) is 10.5 Å². The van der Waals surface area contributed by atoms with Crippen LogP contribution < -0.4 is 11.1 Å². The number of aliphatic hydroxyl groups is 1. The summed E-state index contributed by atoms with van der Waals surface area (Å²) < 4.78 is 7.01. The van der Waals surface area contributed by atoms with E-state index in [1.807, 2.05) is 0 Å². The van der Waals surface area contributed by atoms with Gasteiger partial charge in [-0.05, 0) is 111 Å². The molecule has 0 bridgehead atoms. The van der Waals surface area contributed by atoms with Gasteiger partial charge in [0.2, 0.25) is 0 Å². The maximum Gasteiger partial charge on any atom is 0.122 e. The molecule has 0 aromatic carbocycles. The molecule has 12 atom stereocenters. The third kappa shape index (κ3) is 2.87. The first-order valence-electron chi connectivity index (χ1n) is 13.5. The van der Waals surface area contributed by atoms with E-state index in [9.17, 15) is 5.11 Å². The molecule has 4 heteroatoms. The normalized spacial score (nSPS) is 63.3. The van der Waals surface area contributed by atoms with Crippen LogP contribution in [-0.2, 0) is 4.74 Å². The number of hydrogen-bond acceptors (Lipinski definition) is 4. The molecule has 2 saturated heterocycles. The number of hydrogen-bond donors (Lipinski definition) is 3. The maximum atomic E-state index is 10.5. The minimum Gasteiger partial charge on any atom is -0.376 e. The standard InChI is InChI=1S/C27H46N2O2/c1-16-7-10-27(29-15-16)17(2)23-22(31-27)13-21-19-6-5-18-14-26(28,30)12-11-24(18,3)20(19)8-9-25(21,23)4/h16-23,29-30H,5-15,28H2,1-4H3/t16-,17-,18-,19+,20-,21-,22-,23-,24-,25-,26-,27-/m0/s1. The summed E-state index contributed by atoms with van der Waals surface area (Å²) in [5.41, 5.74) is 6.04. The lowest BCUT2D eigenvalue weighted by molar-refractivity contribution is -0.156. The Morgan fingerprint density at radius 3 is 2.48 bits per heavy atom. The maximum absolute atomic E-state index is 10.5. The summed E-state index contributed by atoms with van der Waals surface area (Å²) in [5.74, 6) is 5.20. The van der Waals surface area contributed by atoms with Crippen molar-refractivity contribution in [2.75, 3.05) is 6.54 Å². The Morgan fingerprint density at radius 2 is 1.74 bits per heavy atom. The fourth-order valence-electron chi connectivity index (χ4n) is 10.5. The van der Waals surface area contributed by atoms with Crippen LogP contribution in [0.4, 0.5) is 0 Å². The van der Waals surface area contributed by atoms with Gasteiger partial charge >= 0.3 is 0 Å². The van der Waals surface area contributed by atoms with Crippen molar-refractivity contribution in [1.82, 2.24) is 5.32 Å². The van der Waals surface area contributed by atoms with Crippen LogP contribution in [0, 0.1) is 52.3 Å². The van der Waals surface area contributed by atoms with Crippen molar-refractivity contribution < 1.29 is 9.84 Å². The second kappa shape index (κ2) is 6.71. The molecule has 4 N–H and O–H groups in total. The molecule has 2 aliphatic heterocycles. The van der Waals surface area contributed by atoms with Crippen LogP contribution in [0.1, 0.15) is 91.9 Å². The van der Waals surface area contributed by atoms with Gasteiger partial charge in [0.05, 0.1) is 6.10 Å². The smallest absolute Gasteiger partial charge is 0.122 e. The molecule has 0 unspecified atom stereocenters. The molecular formula is C27H46N2O2. The zero-order chi connectivity index (χ0) is 21.8. The first-order valence-corrected chi connectivity index (χ1v) is 13.5. The van der Waals surface area contributed by atoms with Gasteiger partial charge < -0.3 is 15.6 Å². The fraction of sp³-hybridized carbons (Fsp3) is 1.00. The summed E-state index contributed by atoms with van der Waals surface area (Å²) in [6.45, 7) is 11.2. The monoisotopic (exact) mass is 430 g/mol. The highest BCUT2D eigenvalue weighted by molar-refractivity contribution is 5.16. The predicted molar refractivity (Wildman–Crippen MR) is 123 cm³/mol. The second-order valence-electron chi connectivity index (χ2n) is 13.6.